The van der Waals surface area contributed by atoms with Gasteiger partial charge < -0.3 is 0 Å². The molecule has 1 aromatic heterocycles. The van der Waals surface area contributed by atoms with Crippen molar-refractivity contribution >= 4 is 21.7 Å². The van der Waals surface area contributed by atoms with Gasteiger partial charge >= 0.3 is 0 Å². The number of benzene rings is 1. The van der Waals surface area contributed by atoms with E-state index in [0.717, 1.165) is 18.5 Å². The molecule has 0 saturated heterocycles. The fourth-order valence-corrected chi connectivity index (χ4v) is 2.65. The molecule has 0 saturated carbocycles. The Morgan fingerprint density at radius 2 is 2.05 bits per heavy atom. The highest BCUT2D eigenvalue weighted by Crippen LogP contribution is 2.19. The number of nitrogens with zero attached hydrogens (tertiary/aromatic N) is 2. The van der Waals surface area contributed by atoms with Crippen LogP contribution in [-0.4, -0.2) is 15.6 Å². The van der Waals surface area contributed by atoms with E-state index in [2.05, 4.69) is 34.9 Å². The molecule has 0 aliphatic rings. The van der Waals surface area contributed by atoms with Gasteiger partial charge in [-0.1, -0.05) is 13.8 Å². The Morgan fingerprint density at radius 1 is 1.33 bits per heavy atom. The summed E-state index contributed by atoms with van der Waals surface area (Å²) in [5.74, 6) is -0.435. The zero-order valence-electron chi connectivity index (χ0n) is 12.1. The molecule has 0 radical (unpaired) electrons. The fraction of sp³-hybridized carbons (Fsp3) is 0.375. The molecule has 0 N–H and O–H groups in total. The molecule has 0 atom stereocenters. The van der Waals surface area contributed by atoms with Crippen molar-refractivity contribution in [2.75, 3.05) is 0 Å². The van der Waals surface area contributed by atoms with E-state index in [1.54, 1.807) is 0 Å². The zero-order chi connectivity index (χ0) is 15.4. The largest absolute Gasteiger partial charge is 0.294 e. The van der Waals surface area contributed by atoms with Crippen molar-refractivity contribution < 1.29 is 9.18 Å². The molecule has 0 aliphatic carbocycles. The van der Waals surface area contributed by atoms with E-state index in [1.165, 1.54) is 18.2 Å². The van der Waals surface area contributed by atoms with Crippen LogP contribution in [0.25, 0.3) is 0 Å². The maximum absolute atomic E-state index is 13.2. The number of aromatic nitrogens is 2. The summed E-state index contributed by atoms with van der Waals surface area (Å²) in [5.41, 5.74) is 1.23. The van der Waals surface area contributed by atoms with E-state index in [0.29, 0.717) is 16.1 Å². The summed E-state index contributed by atoms with van der Waals surface area (Å²) in [4.78, 5) is 12.2. The Kier molecular flexibility index (Phi) is 5.28. The Morgan fingerprint density at radius 3 is 2.67 bits per heavy atom. The van der Waals surface area contributed by atoms with Crippen molar-refractivity contribution in [3.05, 3.63) is 52.0 Å². The highest BCUT2D eigenvalue weighted by Gasteiger charge is 2.13. The molecule has 0 fully saturated rings. The number of rotatable bonds is 6. The smallest absolute Gasteiger partial charge is 0.168 e. The second-order valence-electron chi connectivity index (χ2n) is 4.99. The predicted octanol–water partition coefficient (Wildman–Crippen LogP) is 4.57. The molecular weight excluding hydrogens is 335 g/mol. The monoisotopic (exact) mass is 352 g/mol. The molecule has 1 aromatic carbocycles. The minimum absolute atomic E-state index is 0.0644. The first kappa shape index (κ1) is 15.9. The molecule has 2 rings (SSSR count). The lowest BCUT2D eigenvalue weighted by Crippen LogP contribution is -2.09. The SMILES string of the molecule is CCC(CC)n1ccc(CC(=O)c2ccc(F)c(Br)c2)n1. The minimum Gasteiger partial charge on any atom is -0.294 e. The molecule has 1 heterocycles. The Labute approximate surface area is 132 Å². The average molecular weight is 353 g/mol. The maximum Gasteiger partial charge on any atom is 0.168 e. The van der Waals surface area contributed by atoms with Crippen LogP contribution in [0, 0.1) is 5.82 Å². The molecular formula is C16H18BrFN2O. The average Bonchev–Trinajstić information content (AvgIpc) is 2.91. The van der Waals surface area contributed by atoms with Gasteiger partial charge in [0, 0.05) is 11.8 Å². The first-order valence-corrected chi connectivity index (χ1v) is 7.86. The second-order valence-corrected chi connectivity index (χ2v) is 5.84. The molecule has 0 spiro atoms. The topological polar surface area (TPSA) is 34.9 Å². The fourth-order valence-electron chi connectivity index (χ4n) is 2.27. The molecule has 112 valence electrons. The van der Waals surface area contributed by atoms with Crippen molar-refractivity contribution in [1.29, 1.82) is 0 Å². The summed E-state index contributed by atoms with van der Waals surface area (Å²) >= 11 is 3.09. The van der Waals surface area contributed by atoms with Gasteiger partial charge in [-0.3, -0.25) is 9.48 Å². The summed E-state index contributed by atoms with van der Waals surface area (Å²) in [5, 5.41) is 4.47. The minimum atomic E-state index is -0.371. The van der Waals surface area contributed by atoms with E-state index in [1.807, 2.05) is 16.9 Å². The lowest BCUT2D eigenvalue weighted by molar-refractivity contribution is 0.0991. The molecule has 21 heavy (non-hydrogen) atoms. The number of Topliss-reactive ketones (excluding diaryl/α,β-unsaturated/α-hetero) is 1. The van der Waals surface area contributed by atoms with Crippen molar-refractivity contribution in [1.82, 2.24) is 9.78 Å². The van der Waals surface area contributed by atoms with Gasteiger partial charge in [-0.25, -0.2) is 4.39 Å². The summed E-state index contributed by atoms with van der Waals surface area (Å²) in [6, 6.07) is 6.54. The van der Waals surface area contributed by atoms with Crippen LogP contribution in [0.4, 0.5) is 4.39 Å². The number of halogens is 2. The number of ketones is 1. The summed E-state index contributed by atoms with van der Waals surface area (Å²) in [6.07, 6.45) is 4.17. The van der Waals surface area contributed by atoms with Crippen LogP contribution in [0.1, 0.15) is 48.8 Å². The maximum atomic E-state index is 13.2. The summed E-state index contributed by atoms with van der Waals surface area (Å²) < 4.78 is 15.4. The third kappa shape index (κ3) is 3.79. The number of hydrogen-bond donors (Lipinski definition) is 0. The van der Waals surface area contributed by atoms with Gasteiger partial charge in [0.25, 0.3) is 0 Å². The van der Waals surface area contributed by atoms with E-state index < -0.39 is 0 Å². The first-order valence-electron chi connectivity index (χ1n) is 7.07. The Bertz CT molecular complexity index is 635. The van der Waals surface area contributed by atoms with Gasteiger partial charge in [-0.2, -0.15) is 5.10 Å². The quantitative estimate of drug-likeness (QED) is 0.713. The normalized spacial score (nSPS) is 11.1. The number of carbonyl (C=O) groups excluding carboxylic acids is 1. The van der Waals surface area contributed by atoms with Gasteiger partial charge in [-0.05, 0) is 53.0 Å². The standard InChI is InChI=1S/C16H18BrFN2O/c1-3-13(4-2)20-8-7-12(19-20)10-16(21)11-5-6-15(18)14(17)9-11/h5-9,13H,3-4,10H2,1-2H3. The van der Waals surface area contributed by atoms with Gasteiger partial charge in [0.1, 0.15) is 5.82 Å². The van der Waals surface area contributed by atoms with Crippen molar-refractivity contribution in [3.8, 4) is 0 Å². The third-order valence-corrected chi connectivity index (χ3v) is 4.17. The molecule has 0 bridgehead atoms. The van der Waals surface area contributed by atoms with Crippen molar-refractivity contribution in [3.63, 3.8) is 0 Å². The van der Waals surface area contributed by atoms with E-state index in [9.17, 15) is 9.18 Å². The van der Waals surface area contributed by atoms with E-state index in [-0.39, 0.29) is 18.0 Å². The number of carbonyl (C=O) groups is 1. The van der Waals surface area contributed by atoms with Crippen LogP contribution in [-0.2, 0) is 6.42 Å². The van der Waals surface area contributed by atoms with Crippen LogP contribution in [0.5, 0.6) is 0 Å². The molecule has 0 amide bonds. The predicted molar refractivity (Wildman–Crippen MR) is 84.0 cm³/mol. The van der Waals surface area contributed by atoms with Crippen molar-refractivity contribution in [2.45, 2.75) is 39.2 Å². The van der Waals surface area contributed by atoms with E-state index in [4.69, 9.17) is 0 Å². The highest BCUT2D eigenvalue weighted by atomic mass is 79.9. The van der Waals surface area contributed by atoms with Crippen LogP contribution in [0.2, 0.25) is 0 Å². The van der Waals surface area contributed by atoms with Gasteiger partial charge in [0.2, 0.25) is 0 Å². The Hall–Kier alpha value is -1.49. The van der Waals surface area contributed by atoms with Crippen LogP contribution < -0.4 is 0 Å². The lowest BCUT2D eigenvalue weighted by Gasteiger charge is -2.12. The van der Waals surface area contributed by atoms with E-state index >= 15 is 0 Å². The first-order chi connectivity index (χ1) is 10.0. The zero-order valence-corrected chi connectivity index (χ0v) is 13.7. The van der Waals surface area contributed by atoms with Crippen molar-refractivity contribution in [2.24, 2.45) is 0 Å². The van der Waals surface area contributed by atoms with Crippen LogP contribution >= 0.6 is 15.9 Å². The molecule has 5 heteroatoms. The lowest BCUT2D eigenvalue weighted by atomic mass is 10.1. The highest BCUT2D eigenvalue weighted by molar-refractivity contribution is 9.10. The van der Waals surface area contributed by atoms with Crippen LogP contribution in [0.3, 0.4) is 0 Å². The van der Waals surface area contributed by atoms with Gasteiger partial charge in [0.15, 0.2) is 5.78 Å². The molecule has 3 nitrogen and oxygen atoms in total. The second kappa shape index (κ2) is 6.98. The van der Waals surface area contributed by atoms with Crippen LogP contribution in [0.15, 0.2) is 34.9 Å². The molecule has 0 unspecified atom stereocenters. The summed E-state index contributed by atoms with van der Waals surface area (Å²) in [6.45, 7) is 4.24. The van der Waals surface area contributed by atoms with Gasteiger partial charge in [-0.15, -0.1) is 0 Å². The van der Waals surface area contributed by atoms with Gasteiger partial charge in [0.05, 0.1) is 22.6 Å². The molecule has 2 aromatic rings. The third-order valence-electron chi connectivity index (χ3n) is 3.56. The molecule has 0 aliphatic heterocycles. The Balaban J connectivity index is 2.11. The summed E-state index contributed by atoms with van der Waals surface area (Å²) in [7, 11) is 0. The number of hydrogen-bond acceptors (Lipinski definition) is 2.